The number of fused-ring (bicyclic) bond motifs is 1. The molecular formula is C12H13N3O. The highest BCUT2D eigenvalue weighted by atomic mass is 16.1. The van der Waals surface area contributed by atoms with Gasteiger partial charge in [0.1, 0.15) is 0 Å². The van der Waals surface area contributed by atoms with Crippen LogP contribution in [0.1, 0.15) is 36.0 Å². The number of nitrogens with zero attached hydrogens (tertiary/aromatic N) is 3. The fourth-order valence-electron chi connectivity index (χ4n) is 2.12. The number of hydrogen-bond acceptors (Lipinski definition) is 3. The summed E-state index contributed by atoms with van der Waals surface area (Å²) in [5, 5.41) is 4.15. The first kappa shape index (κ1) is 9.51. The lowest BCUT2D eigenvalue weighted by atomic mass is 9.81. The second-order valence-electron chi connectivity index (χ2n) is 4.39. The van der Waals surface area contributed by atoms with Gasteiger partial charge in [0.25, 0.3) is 0 Å². The van der Waals surface area contributed by atoms with Gasteiger partial charge in [-0.2, -0.15) is 5.10 Å². The molecule has 1 aliphatic carbocycles. The smallest absolute Gasteiger partial charge is 0.167 e. The van der Waals surface area contributed by atoms with Crippen molar-refractivity contribution in [2.75, 3.05) is 0 Å². The van der Waals surface area contributed by atoms with E-state index in [2.05, 4.69) is 10.1 Å². The third-order valence-corrected chi connectivity index (χ3v) is 3.32. The molecule has 0 saturated heterocycles. The van der Waals surface area contributed by atoms with E-state index in [1.807, 2.05) is 0 Å². The largest absolute Gasteiger partial charge is 0.294 e. The number of hydrogen-bond donors (Lipinski definition) is 0. The van der Waals surface area contributed by atoms with Crippen molar-refractivity contribution in [1.29, 1.82) is 0 Å². The van der Waals surface area contributed by atoms with E-state index in [-0.39, 0.29) is 5.78 Å². The topological polar surface area (TPSA) is 47.3 Å². The Bertz CT molecular complexity index is 528. The first-order valence-electron chi connectivity index (χ1n) is 5.65. The highest BCUT2D eigenvalue weighted by Gasteiger charge is 2.22. The molecule has 3 rings (SSSR count). The lowest BCUT2D eigenvalue weighted by Crippen LogP contribution is -2.15. The second kappa shape index (κ2) is 3.70. The summed E-state index contributed by atoms with van der Waals surface area (Å²) in [7, 11) is 0. The summed E-state index contributed by atoms with van der Waals surface area (Å²) in [4.78, 5) is 16.1. The second-order valence-corrected chi connectivity index (χ2v) is 4.39. The zero-order chi connectivity index (χ0) is 11.0. The zero-order valence-corrected chi connectivity index (χ0v) is 8.97. The van der Waals surface area contributed by atoms with E-state index in [1.54, 1.807) is 29.3 Å². The van der Waals surface area contributed by atoms with Gasteiger partial charge in [-0.1, -0.05) is 19.3 Å². The number of carbonyl (C=O) groups is 1. The molecule has 0 bridgehead atoms. The summed E-state index contributed by atoms with van der Waals surface area (Å²) >= 11 is 0. The van der Waals surface area contributed by atoms with Crippen molar-refractivity contribution < 1.29 is 4.79 Å². The van der Waals surface area contributed by atoms with Crippen molar-refractivity contribution in [3.63, 3.8) is 0 Å². The van der Waals surface area contributed by atoms with Gasteiger partial charge in [0.05, 0.1) is 23.5 Å². The van der Waals surface area contributed by atoms with Crippen molar-refractivity contribution in [3.8, 4) is 0 Å². The van der Waals surface area contributed by atoms with E-state index in [1.165, 1.54) is 19.3 Å². The Morgan fingerprint density at radius 1 is 1.44 bits per heavy atom. The highest BCUT2D eigenvalue weighted by molar-refractivity contribution is 6.02. The molecule has 1 fully saturated rings. The Hall–Kier alpha value is -1.71. The van der Waals surface area contributed by atoms with E-state index >= 15 is 0 Å². The van der Waals surface area contributed by atoms with Crippen molar-refractivity contribution in [1.82, 2.24) is 14.6 Å². The van der Waals surface area contributed by atoms with Gasteiger partial charge in [0.2, 0.25) is 0 Å². The minimum absolute atomic E-state index is 0.202. The number of carbonyl (C=O) groups excluding carboxylic acids is 1. The fourth-order valence-corrected chi connectivity index (χ4v) is 2.12. The number of ketones is 1. The molecule has 1 saturated carbocycles. The lowest BCUT2D eigenvalue weighted by Gasteiger charge is -2.24. The molecule has 0 N–H and O–H groups in total. The minimum Gasteiger partial charge on any atom is -0.294 e. The van der Waals surface area contributed by atoms with Crippen LogP contribution in [0.3, 0.4) is 0 Å². The normalized spacial score (nSPS) is 16.2. The summed E-state index contributed by atoms with van der Waals surface area (Å²) in [5.74, 6) is 0.798. The molecule has 0 radical (unpaired) electrons. The lowest BCUT2D eigenvalue weighted by molar-refractivity contribution is 0.0938. The summed E-state index contributed by atoms with van der Waals surface area (Å²) < 4.78 is 1.70. The summed E-state index contributed by atoms with van der Waals surface area (Å²) in [6.45, 7) is 0. The Kier molecular flexibility index (Phi) is 2.20. The molecule has 2 heterocycles. The van der Waals surface area contributed by atoms with E-state index in [0.717, 1.165) is 5.52 Å². The zero-order valence-electron chi connectivity index (χ0n) is 8.97. The molecule has 1 aliphatic rings. The average Bonchev–Trinajstić information content (AvgIpc) is 2.67. The van der Waals surface area contributed by atoms with Crippen LogP contribution in [0.4, 0.5) is 0 Å². The van der Waals surface area contributed by atoms with Crippen LogP contribution in [0.5, 0.6) is 0 Å². The molecule has 16 heavy (non-hydrogen) atoms. The summed E-state index contributed by atoms with van der Waals surface area (Å²) in [6, 6.07) is 0. The Balaban J connectivity index is 1.89. The number of aromatic nitrogens is 3. The van der Waals surface area contributed by atoms with Gasteiger partial charge in [-0.05, 0) is 5.92 Å². The molecule has 0 aliphatic heterocycles. The van der Waals surface area contributed by atoms with Gasteiger partial charge in [-0.15, -0.1) is 0 Å². The molecule has 0 unspecified atom stereocenters. The van der Waals surface area contributed by atoms with Gasteiger partial charge < -0.3 is 0 Å². The third kappa shape index (κ3) is 1.50. The first-order chi connectivity index (χ1) is 7.84. The van der Waals surface area contributed by atoms with Crippen LogP contribution in [-0.4, -0.2) is 20.4 Å². The van der Waals surface area contributed by atoms with E-state index in [9.17, 15) is 4.79 Å². The van der Waals surface area contributed by atoms with Gasteiger partial charge >= 0.3 is 0 Å². The molecule has 82 valence electrons. The van der Waals surface area contributed by atoms with Gasteiger partial charge in [-0.3, -0.25) is 9.78 Å². The van der Waals surface area contributed by atoms with Crippen LogP contribution in [0, 0.1) is 5.92 Å². The molecule has 0 amide bonds. The van der Waals surface area contributed by atoms with E-state index in [0.29, 0.717) is 17.9 Å². The van der Waals surface area contributed by atoms with E-state index < -0.39 is 0 Å². The SMILES string of the molecule is O=C(CC1CCC1)c1cnn2ccncc12. The number of Topliss-reactive ketones (excluding diaryl/α,β-unsaturated/α-hetero) is 1. The molecule has 2 aromatic rings. The molecule has 0 aromatic carbocycles. The highest BCUT2D eigenvalue weighted by Crippen LogP contribution is 2.30. The quantitative estimate of drug-likeness (QED) is 0.736. The van der Waals surface area contributed by atoms with Gasteiger partial charge in [-0.25, -0.2) is 4.52 Å². The Morgan fingerprint density at radius 2 is 2.31 bits per heavy atom. The van der Waals surface area contributed by atoms with Crippen molar-refractivity contribution >= 4 is 11.3 Å². The molecule has 0 atom stereocenters. The van der Waals surface area contributed by atoms with Crippen LogP contribution in [0.25, 0.3) is 5.52 Å². The fraction of sp³-hybridized carbons (Fsp3) is 0.417. The van der Waals surface area contributed by atoms with Crippen LogP contribution in [-0.2, 0) is 0 Å². The molecule has 4 heteroatoms. The van der Waals surface area contributed by atoms with Crippen LogP contribution < -0.4 is 0 Å². The maximum Gasteiger partial charge on any atom is 0.167 e. The van der Waals surface area contributed by atoms with Crippen molar-refractivity contribution in [3.05, 3.63) is 30.4 Å². The van der Waals surface area contributed by atoms with Crippen LogP contribution in [0.2, 0.25) is 0 Å². The maximum atomic E-state index is 12.0. The van der Waals surface area contributed by atoms with Crippen molar-refractivity contribution in [2.45, 2.75) is 25.7 Å². The maximum absolute atomic E-state index is 12.0. The third-order valence-electron chi connectivity index (χ3n) is 3.32. The molecule has 2 aromatic heterocycles. The van der Waals surface area contributed by atoms with E-state index in [4.69, 9.17) is 0 Å². The summed E-state index contributed by atoms with van der Waals surface area (Å²) in [5.41, 5.74) is 1.52. The standard InChI is InChI=1S/C12H13N3O/c16-12(6-9-2-1-3-9)10-7-14-15-5-4-13-8-11(10)15/h4-5,7-9H,1-3,6H2. The van der Waals surface area contributed by atoms with Crippen molar-refractivity contribution in [2.24, 2.45) is 5.92 Å². The first-order valence-corrected chi connectivity index (χ1v) is 5.65. The minimum atomic E-state index is 0.202. The molecule has 0 spiro atoms. The summed E-state index contributed by atoms with van der Waals surface area (Å²) in [6.07, 6.45) is 11.1. The molecule has 4 nitrogen and oxygen atoms in total. The predicted octanol–water partition coefficient (Wildman–Crippen LogP) is 2.10. The van der Waals surface area contributed by atoms with Crippen LogP contribution >= 0.6 is 0 Å². The number of rotatable bonds is 3. The molecular weight excluding hydrogens is 202 g/mol. The predicted molar refractivity (Wildman–Crippen MR) is 59.3 cm³/mol. The Labute approximate surface area is 93.3 Å². The van der Waals surface area contributed by atoms with Crippen LogP contribution in [0.15, 0.2) is 24.8 Å². The monoisotopic (exact) mass is 215 g/mol. The van der Waals surface area contributed by atoms with Gasteiger partial charge in [0.15, 0.2) is 5.78 Å². The van der Waals surface area contributed by atoms with Gasteiger partial charge in [0, 0.05) is 18.8 Å². The Morgan fingerprint density at radius 3 is 3.06 bits per heavy atom. The average molecular weight is 215 g/mol.